The first-order valence-corrected chi connectivity index (χ1v) is 9.91. The lowest BCUT2D eigenvalue weighted by atomic mass is 9.96. The fraction of sp³-hybridized carbons (Fsp3) is 0.120. The average molecular weight is 400 g/mol. The first kappa shape index (κ1) is 17.9. The summed E-state index contributed by atoms with van der Waals surface area (Å²) in [7, 11) is 1.62. The number of nitrogens with zero attached hydrogens (tertiary/aromatic N) is 1. The van der Waals surface area contributed by atoms with Gasteiger partial charge in [0.25, 0.3) is 0 Å². The highest BCUT2D eigenvalue weighted by atomic mass is 35.5. The maximum atomic E-state index is 13.2. The molecular weight excluding hydrogens is 382 g/mol. The molecule has 3 aromatic carbocycles. The van der Waals surface area contributed by atoms with Crippen LogP contribution in [0.5, 0.6) is 5.88 Å². The number of ether oxygens (including phenoxy) is 1. The molecule has 29 heavy (non-hydrogen) atoms. The van der Waals surface area contributed by atoms with Gasteiger partial charge in [-0.2, -0.15) is 0 Å². The van der Waals surface area contributed by atoms with Gasteiger partial charge in [-0.05, 0) is 71.5 Å². The van der Waals surface area contributed by atoms with E-state index in [1.807, 2.05) is 36.4 Å². The minimum absolute atomic E-state index is 0.0162. The Morgan fingerprint density at radius 3 is 2.59 bits per heavy atom. The average Bonchev–Trinajstić information content (AvgIpc) is 2.77. The summed E-state index contributed by atoms with van der Waals surface area (Å²) in [6, 6.07) is 21.6. The number of halogens is 1. The van der Waals surface area contributed by atoms with Crippen molar-refractivity contribution in [2.45, 2.75) is 12.8 Å². The molecule has 5 rings (SSSR count). The number of hydrogen-bond acceptors (Lipinski definition) is 3. The number of hydrogen-bond donors (Lipinski definition) is 0. The van der Waals surface area contributed by atoms with Crippen LogP contribution < -0.4 is 4.74 Å². The second-order valence-electron chi connectivity index (χ2n) is 7.28. The van der Waals surface area contributed by atoms with Crippen molar-refractivity contribution >= 4 is 28.3 Å². The van der Waals surface area contributed by atoms with Gasteiger partial charge >= 0.3 is 0 Å². The fourth-order valence-electron chi connectivity index (χ4n) is 3.93. The van der Waals surface area contributed by atoms with Crippen LogP contribution >= 0.6 is 11.6 Å². The predicted molar refractivity (Wildman–Crippen MR) is 116 cm³/mol. The van der Waals surface area contributed by atoms with Crippen molar-refractivity contribution < 1.29 is 9.53 Å². The number of fused-ring (bicyclic) bond motifs is 6. The number of rotatable bonds is 1. The van der Waals surface area contributed by atoms with Gasteiger partial charge in [-0.1, -0.05) is 35.9 Å². The summed E-state index contributed by atoms with van der Waals surface area (Å²) in [5.74, 6) is 0.539. The molecular formula is C25H18ClNO2. The SMILES string of the molecule is COc1cc2c3cc(ccc3n1)C(=O)c1ccc(Cl)c(c1)CCc1cccc-2c1. The van der Waals surface area contributed by atoms with E-state index < -0.39 is 0 Å². The summed E-state index contributed by atoms with van der Waals surface area (Å²) in [6.45, 7) is 0. The molecule has 0 amide bonds. The summed E-state index contributed by atoms with van der Waals surface area (Å²) in [5.41, 5.74) is 6.38. The van der Waals surface area contributed by atoms with Gasteiger partial charge in [0.15, 0.2) is 5.78 Å². The van der Waals surface area contributed by atoms with Crippen LogP contribution in [0.4, 0.5) is 0 Å². The third kappa shape index (κ3) is 3.18. The number of pyridine rings is 1. The highest BCUT2D eigenvalue weighted by Gasteiger charge is 2.16. The molecule has 4 heteroatoms. The number of methoxy groups -OCH3 is 1. The van der Waals surface area contributed by atoms with Gasteiger partial charge < -0.3 is 4.74 Å². The minimum Gasteiger partial charge on any atom is -0.481 e. The zero-order chi connectivity index (χ0) is 20.0. The maximum Gasteiger partial charge on any atom is 0.214 e. The second kappa shape index (κ2) is 7.02. The van der Waals surface area contributed by atoms with Crippen molar-refractivity contribution in [2.75, 3.05) is 7.11 Å². The molecule has 1 aliphatic carbocycles. The molecule has 0 radical (unpaired) electrons. The van der Waals surface area contributed by atoms with E-state index in [-0.39, 0.29) is 5.78 Å². The van der Waals surface area contributed by atoms with Gasteiger partial charge in [0.2, 0.25) is 5.88 Å². The van der Waals surface area contributed by atoms with Crippen molar-refractivity contribution in [3.05, 3.63) is 94.0 Å². The van der Waals surface area contributed by atoms with Crippen molar-refractivity contribution in [2.24, 2.45) is 0 Å². The monoisotopic (exact) mass is 399 g/mol. The first-order valence-electron chi connectivity index (χ1n) is 9.53. The summed E-state index contributed by atoms with van der Waals surface area (Å²) in [4.78, 5) is 17.8. The molecule has 0 saturated heterocycles. The molecule has 1 aliphatic rings. The Kier molecular flexibility index (Phi) is 4.33. The van der Waals surface area contributed by atoms with Crippen molar-refractivity contribution in [1.82, 2.24) is 4.98 Å². The van der Waals surface area contributed by atoms with Gasteiger partial charge in [0, 0.05) is 27.6 Å². The molecule has 0 N–H and O–H groups in total. The van der Waals surface area contributed by atoms with Crippen LogP contribution in [0.3, 0.4) is 0 Å². The normalized spacial score (nSPS) is 13.0. The van der Waals surface area contributed by atoms with Gasteiger partial charge in [-0.25, -0.2) is 4.98 Å². The Bertz CT molecular complexity index is 1280. The third-order valence-corrected chi connectivity index (χ3v) is 5.85. The molecule has 3 nitrogen and oxygen atoms in total. The number of aromatic nitrogens is 1. The van der Waals surface area contributed by atoms with Gasteiger partial charge in [0.05, 0.1) is 12.6 Å². The van der Waals surface area contributed by atoms with Crippen LogP contribution in [0.15, 0.2) is 66.7 Å². The van der Waals surface area contributed by atoms with Crippen molar-refractivity contribution in [3.8, 4) is 17.0 Å². The molecule has 0 unspecified atom stereocenters. The Labute approximate surface area is 173 Å². The molecule has 0 spiro atoms. The van der Waals surface area contributed by atoms with E-state index in [4.69, 9.17) is 16.3 Å². The highest BCUT2D eigenvalue weighted by Crippen LogP contribution is 2.33. The second-order valence-corrected chi connectivity index (χ2v) is 7.69. The van der Waals surface area contributed by atoms with Gasteiger partial charge in [-0.15, -0.1) is 0 Å². The molecule has 0 saturated carbocycles. The molecule has 4 aromatic rings. The zero-order valence-electron chi connectivity index (χ0n) is 15.9. The van der Waals surface area contributed by atoms with E-state index >= 15 is 0 Å². The molecule has 142 valence electrons. The maximum absolute atomic E-state index is 13.2. The van der Waals surface area contributed by atoms with E-state index in [9.17, 15) is 4.79 Å². The molecule has 0 aliphatic heterocycles. The van der Waals surface area contributed by atoms with E-state index in [0.29, 0.717) is 22.0 Å². The summed E-state index contributed by atoms with van der Waals surface area (Å²) >= 11 is 6.41. The lowest BCUT2D eigenvalue weighted by molar-refractivity contribution is 0.103. The van der Waals surface area contributed by atoms with E-state index in [2.05, 4.69) is 29.2 Å². The van der Waals surface area contributed by atoms with Gasteiger partial charge in [-0.3, -0.25) is 4.79 Å². The van der Waals surface area contributed by atoms with Crippen LogP contribution in [0, 0.1) is 0 Å². The summed E-state index contributed by atoms with van der Waals surface area (Å²) in [6.07, 6.45) is 1.62. The zero-order valence-corrected chi connectivity index (χ0v) is 16.7. The molecule has 0 atom stereocenters. The molecule has 6 bridgehead atoms. The lowest BCUT2D eigenvalue weighted by Crippen LogP contribution is -2.03. The van der Waals surface area contributed by atoms with Crippen LogP contribution in [-0.4, -0.2) is 17.9 Å². The van der Waals surface area contributed by atoms with Crippen LogP contribution in [0.2, 0.25) is 5.02 Å². The smallest absolute Gasteiger partial charge is 0.214 e. The number of carbonyl (C=O) groups is 1. The number of aryl methyl sites for hydroxylation is 2. The third-order valence-electron chi connectivity index (χ3n) is 5.49. The van der Waals surface area contributed by atoms with Crippen LogP contribution in [-0.2, 0) is 12.8 Å². The topological polar surface area (TPSA) is 39.2 Å². The Hall–Kier alpha value is -3.17. The van der Waals surface area contributed by atoms with Crippen molar-refractivity contribution in [3.63, 3.8) is 0 Å². The highest BCUT2D eigenvalue weighted by molar-refractivity contribution is 6.31. The van der Waals surface area contributed by atoms with E-state index in [1.54, 1.807) is 13.2 Å². The first-order chi connectivity index (χ1) is 14.1. The van der Waals surface area contributed by atoms with Crippen LogP contribution in [0.25, 0.3) is 22.0 Å². The van der Waals surface area contributed by atoms with Crippen LogP contribution in [0.1, 0.15) is 27.0 Å². The fourth-order valence-corrected chi connectivity index (χ4v) is 4.15. The van der Waals surface area contributed by atoms with Gasteiger partial charge in [0.1, 0.15) is 0 Å². The number of carbonyl (C=O) groups excluding carboxylic acids is 1. The molecule has 1 heterocycles. The van der Waals surface area contributed by atoms with E-state index in [0.717, 1.165) is 40.4 Å². The largest absolute Gasteiger partial charge is 0.481 e. The standard InChI is InChI=1S/C25H18ClNO2/c1-29-24-14-20-16-4-2-3-15(11-16)5-6-17-12-18(7-9-22(17)26)25(28)19-8-10-23(27-24)21(20)13-19/h2-4,7-14H,5-6H2,1H3. The number of ketones is 1. The Morgan fingerprint density at radius 2 is 1.72 bits per heavy atom. The predicted octanol–water partition coefficient (Wildman–Crippen LogP) is 5.89. The molecule has 1 aromatic heterocycles. The summed E-state index contributed by atoms with van der Waals surface area (Å²) in [5, 5.41) is 1.63. The quantitative estimate of drug-likeness (QED) is 0.400. The Morgan fingerprint density at radius 1 is 0.897 bits per heavy atom. The number of benzene rings is 3. The summed E-state index contributed by atoms with van der Waals surface area (Å²) < 4.78 is 5.42. The van der Waals surface area contributed by atoms with E-state index in [1.165, 1.54) is 5.56 Å². The Balaban J connectivity index is 1.83. The lowest BCUT2D eigenvalue weighted by Gasteiger charge is -2.11. The minimum atomic E-state index is -0.0162. The van der Waals surface area contributed by atoms with Crippen molar-refractivity contribution in [1.29, 1.82) is 0 Å². The molecule has 0 fully saturated rings.